The molecule has 1 aromatic rings. The maximum absolute atomic E-state index is 11.8. The van der Waals surface area contributed by atoms with Gasteiger partial charge in [0.25, 0.3) is 5.91 Å². The molecule has 0 bridgehead atoms. The van der Waals surface area contributed by atoms with Gasteiger partial charge in [-0.25, -0.2) is 4.79 Å². The van der Waals surface area contributed by atoms with E-state index in [1.807, 2.05) is 0 Å². The second-order valence-corrected chi connectivity index (χ2v) is 4.29. The number of hydrogen-bond acceptors (Lipinski definition) is 2. The highest BCUT2D eigenvalue weighted by Crippen LogP contribution is 2.08. The van der Waals surface area contributed by atoms with Crippen LogP contribution in [0.15, 0.2) is 24.3 Å². The van der Waals surface area contributed by atoms with Gasteiger partial charge in [0.2, 0.25) is 0 Å². The first kappa shape index (κ1) is 13.2. The Bertz CT molecular complexity index is 413. The summed E-state index contributed by atoms with van der Waals surface area (Å²) in [5.74, 6) is -0.909. The van der Waals surface area contributed by atoms with Crippen molar-refractivity contribution in [3.8, 4) is 0 Å². The fraction of sp³-hybridized carbons (Fsp3) is 0.385. The van der Waals surface area contributed by atoms with Gasteiger partial charge in [0.1, 0.15) is 0 Å². The van der Waals surface area contributed by atoms with Gasteiger partial charge in [0, 0.05) is 6.54 Å². The van der Waals surface area contributed by atoms with Crippen LogP contribution >= 0.6 is 0 Å². The molecule has 1 rings (SSSR count). The lowest BCUT2D eigenvalue weighted by molar-refractivity contribution is 0.0691. The summed E-state index contributed by atoms with van der Waals surface area (Å²) in [5.41, 5.74) is 0.248. The van der Waals surface area contributed by atoms with Crippen LogP contribution in [-0.2, 0) is 0 Å². The first-order valence-electron chi connectivity index (χ1n) is 5.63. The standard InChI is InChI=1S/C13H17NO3/c1-9(2)7-8-14-12(15)10-5-3-4-6-11(10)13(16)17/h3-6,9H,7-8H2,1-2H3,(H,14,15)(H,16,17). The Labute approximate surface area is 101 Å². The molecule has 0 aliphatic rings. The number of benzene rings is 1. The summed E-state index contributed by atoms with van der Waals surface area (Å²) >= 11 is 0. The Morgan fingerprint density at radius 3 is 2.35 bits per heavy atom. The van der Waals surface area contributed by atoms with E-state index >= 15 is 0 Å². The topological polar surface area (TPSA) is 66.4 Å². The molecule has 0 atom stereocenters. The number of carbonyl (C=O) groups is 2. The van der Waals surface area contributed by atoms with Crippen molar-refractivity contribution in [1.29, 1.82) is 0 Å². The number of carbonyl (C=O) groups excluding carboxylic acids is 1. The van der Waals surface area contributed by atoms with Gasteiger partial charge >= 0.3 is 5.97 Å². The molecule has 4 heteroatoms. The summed E-state index contributed by atoms with van der Waals surface area (Å²) < 4.78 is 0. The van der Waals surface area contributed by atoms with Gasteiger partial charge in [-0.1, -0.05) is 26.0 Å². The van der Waals surface area contributed by atoms with E-state index in [2.05, 4.69) is 19.2 Å². The summed E-state index contributed by atoms with van der Waals surface area (Å²) in [5, 5.41) is 11.7. The van der Waals surface area contributed by atoms with Crippen LogP contribution in [0.2, 0.25) is 0 Å². The summed E-state index contributed by atoms with van der Waals surface area (Å²) in [6.45, 7) is 4.69. The molecule has 92 valence electrons. The lowest BCUT2D eigenvalue weighted by atomic mass is 10.1. The predicted octanol–water partition coefficient (Wildman–Crippen LogP) is 2.16. The number of aromatic carboxylic acids is 1. The molecule has 0 unspecified atom stereocenters. The zero-order valence-electron chi connectivity index (χ0n) is 10.1. The molecule has 0 radical (unpaired) electrons. The van der Waals surface area contributed by atoms with Crippen molar-refractivity contribution in [3.05, 3.63) is 35.4 Å². The summed E-state index contributed by atoms with van der Waals surface area (Å²) in [4.78, 5) is 22.7. The van der Waals surface area contributed by atoms with Gasteiger partial charge in [-0.2, -0.15) is 0 Å². The van der Waals surface area contributed by atoms with Crippen LogP contribution in [0, 0.1) is 5.92 Å². The molecule has 0 aliphatic carbocycles. The second-order valence-electron chi connectivity index (χ2n) is 4.29. The monoisotopic (exact) mass is 235 g/mol. The molecule has 0 spiro atoms. The molecule has 0 fully saturated rings. The highest BCUT2D eigenvalue weighted by molar-refractivity contribution is 6.04. The van der Waals surface area contributed by atoms with Crippen molar-refractivity contribution in [2.24, 2.45) is 5.92 Å². The Morgan fingerprint density at radius 2 is 1.82 bits per heavy atom. The van der Waals surface area contributed by atoms with Gasteiger partial charge in [-0.3, -0.25) is 4.79 Å². The number of carboxylic acid groups (broad SMARTS) is 1. The minimum Gasteiger partial charge on any atom is -0.478 e. The van der Waals surface area contributed by atoms with E-state index in [-0.39, 0.29) is 17.0 Å². The van der Waals surface area contributed by atoms with Crippen LogP contribution in [0.1, 0.15) is 41.0 Å². The third kappa shape index (κ3) is 3.90. The first-order chi connectivity index (χ1) is 8.02. The quantitative estimate of drug-likeness (QED) is 0.821. The van der Waals surface area contributed by atoms with Crippen molar-refractivity contribution in [2.45, 2.75) is 20.3 Å². The zero-order valence-corrected chi connectivity index (χ0v) is 10.1. The third-order valence-corrected chi connectivity index (χ3v) is 2.41. The fourth-order valence-electron chi connectivity index (χ4n) is 1.44. The average molecular weight is 235 g/mol. The Kier molecular flexibility index (Phi) is 4.69. The highest BCUT2D eigenvalue weighted by atomic mass is 16.4. The molecule has 0 saturated heterocycles. The van der Waals surface area contributed by atoms with Crippen molar-refractivity contribution in [1.82, 2.24) is 5.32 Å². The van der Waals surface area contributed by atoms with E-state index in [4.69, 9.17) is 5.11 Å². The zero-order chi connectivity index (χ0) is 12.8. The van der Waals surface area contributed by atoms with E-state index in [9.17, 15) is 9.59 Å². The Morgan fingerprint density at radius 1 is 1.24 bits per heavy atom. The molecule has 0 heterocycles. The van der Waals surface area contributed by atoms with Gasteiger partial charge < -0.3 is 10.4 Å². The Hall–Kier alpha value is -1.84. The van der Waals surface area contributed by atoms with Crippen molar-refractivity contribution in [3.63, 3.8) is 0 Å². The number of amides is 1. The molecule has 1 amide bonds. The maximum atomic E-state index is 11.8. The molecule has 0 aliphatic heterocycles. The summed E-state index contributed by atoms with van der Waals surface area (Å²) in [7, 11) is 0. The van der Waals surface area contributed by atoms with Crippen molar-refractivity contribution >= 4 is 11.9 Å². The third-order valence-electron chi connectivity index (χ3n) is 2.41. The van der Waals surface area contributed by atoms with Crippen molar-refractivity contribution in [2.75, 3.05) is 6.54 Å². The van der Waals surface area contributed by atoms with Crippen LogP contribution in [-0.4, -0.2) is 23.5 Å². The SMILES string of the molecule is CC(C)CCNC(=O)c1ccccc1C(=O)O. The van der Waals surface area contributed by atoms with Gasteiger partial charge in [0.15, 0.2) is 0 Å². The molecular weight excluding hydrogens is 218 g/mol. The maximum Gasteiger partial charge on any atom is 0.336 e. The van der Waals surface area contributed by atoms with Crippen LogP contribution < -0.4 is 5.32 Å². The Balaban J connectivity index is 2.72. The lowest BCUT2D eigenvalue weighted by Crippen LogP contribution is -2.27. The largest absolute Gasteiger partial charge is 0.478 e. The summed E-state index contributed by atoms with van der Waals surface area (Å²) in [6, 6.07) is 6.21. The van der Waals surface area contributed by atoms with E-state index in [1.54, 1.807) is 12.1 Å². The number of carboxylic acids is 1. The van der Waals surface area contributed by atoms with Crippen LogP contribution in [0.5, 0.6) is 0 Å². The molecule has 17 heavy (non-hydrogen) atoms. The number of rotatable bonds is 5. The summed E-state index contributed by atoms with van der Waals surface area (Å²) in [6.07, 6.45) is 0.876. The fourth-order valence-corrected chi connectivity index (χ4v) is 1.44. The number of hydrogen-bond donors (Lipinski definition) is 2. The molecule has 2 N–H and O–H groups in total. The van der Waals surface area contributed by atoms with E-state index in [1.165, 1.54) is 12.1 Å². The van der Waals surface area contributed by atoms with Gasteiger partial charge in [-0.05, 0) is 24.5 Å². The normalized spacial score (nSPS) is 10.3. The minimum absolute atomic E-state index is 0.0366. The highest BCUT2D eigenvalue weighted by Gasteiger charge is 2.14. The van der Waals surface area contributed by atoms with Crippen LogP contribution in [0.3, 0.4) is 0 Å². The van der Waals surface area contributed by atoms with E-state index in [0.717, 1.165) is 6.42 Å². The van der Waals surface area contributed by atoms with Crippen LogP contribution in [0.4, 0.5) is 0 Å². The van der Waals surface area contributed by atoms with Crippen LogP contribution in [0.25, 0.3) is 0 Å². The van der Waals surface area contributed by atoms with Gasteiger partial charge in [-0.15, -0.1) is 0 Å². The second kappa shape index (κ2) is 6.03. The molecule has 0 aromatic heterocycles. The molecule has 0 saturated carbocycles. The van der Waals surface area contributed by atoms with E-state index < -0.39 is 5.97 Å². The predicted molar refractivity (Wildman–Crippen MR) is 65.2 cm³/mol. The first-order valence-corrected chi connectivity index (χ1v) is 5.63. The van der Waals surface area contributed by atoms with Gasteiger partial charge in [0.05, 0.1) is 11.1 Å². The smallest absolute Gasteiger partial charge is 0.336 e. The van der Waals surface area contributed by atoms with E-state index in [0.29, 0.717) is 12.5 Å². The van der Waals surface area contributed by atoms with Crippen molar-refractivity contribution < 1.29 is 14.7 Å². The molecule has 1 aromatic carbocycles. The molecular formula is C13H17NO3. The molecule has 4 nitrogen and oxygen atoms in total. The lowest BCUT2D eigenvalue weighted by Gasteiger charge is -2.08. The average Bonchev–Trinajstić information content (AvgIpc) is 2.28. The number of nitrogens with one attached hydrogen (secondary N) is 1. The minimum atomic E-state index is -1.08.